The largest absolute Gasteiger partial charge is 0.469 e. The van der Waals surface area contributed by atoms with Crippen molar-refractivity contribution in [3.05, 3.63) is 35.4 Å². The van der Waals surface area contributed by atoms with Gasteiger partial charge in [0.15, 0.2) is 0 Å². The Kier molecular flexibility index (Phi) is 3.97. The van der Waals surface area contributed by atoms with Gasteiger partial charge in [0, 0.05) is 25.1 Å². The van der Waals surface area contributed by atoms with Crippen molar-refractivity contribution < 1.29 is 14.3 Å². The summed E-state index contributed by atoms with van der Waals surface area (Å²) in [6.45, 7) is 1.35. The minimum atomic E-state index is -0.222. The smallest absolute Gasteiger partial charge is 0.305 e. The predicted molar refractivity (Wildman–Crippen MR) is 67.3 cm³/mol. The number of benzene rings is 1. The summed E-state index contributed by atoms with van der Waals surface area (Å²) in [5.41, 5.74) is 1.91. The average molecular weight is 247 g/mol. The van der Waals surface area contributed by atoms with Gasteiger partial charge in [0.05, 0.1) is 7.11 Å². The fourth-order valence-corrected chi connectivity index (χ4v) is 2.20. The molecule has 4 heteroatoms. The van der Waals surface area contributed by atoms with E-state index in [1.54, 1.807) is 0 Å². The van der Waals surface area contributed by atoms with Gasteiger partial charge in [0.1, 0.15) is 0 Å². The molecule has 0 spiro atoms. The molecule has 1 aliphatic heterocycles. The van der Waals surface area contributed by atoms with E-state index in [1.807, 2.05) is 29.2 Å². The van der Waals surface area contributed by atoms with Gasteiger partial charge in [-0.2, -0.15) is 0 Å². The van der Waals surface area contributed by atoms with Crippen molar-refractivity contribution in [1.29, 1.82) is 0 Å². The van der Waals surface area contributed by atoms with Gasteiger partial charge in [-0.05, 0) is 24.5 Å². The van der Waals surface area contributed by atoms with Gasteiger partial charge < -0.3 is 9.64 Å². The second-order valence-electron chi connectivity index (χ2n) is 4.38. The van der Waals surface area contributed by atoms with E-state index in [0.29, 0.717) is 19.4 Å². The molecule has 4 nitrogen and oxygen atoms in total. The summed E-state index contributed by atoms with van der Waals surface area (Å²) in [5.74, 6) is -0.151. The second-order valence-corrected chi connectivity index (χ2v) is 4.38. The standard InChI is InChI=1S/C14H17NO3/c1-18-13(16)7-4-9-15-10-8-11-5-2-3-6-12(11)14(15)17/h2-3,5-6H,4,7-10H2,1H3. The predicted octanol–water partition coefficient (Wildman–Crippen LogP) is 1.64. The van der Waals surface area contributed by atoms with E-state index in [0.717, 1.165) is 24.1 Å². The number of carbonyl (C=O) groups excluding carboxylic acids is 2. The Morgan fingerprint density at radius 1 is 1.39 bits per heavy atom. The van der Waals surface area contributed by atoms with Gasteiger partial charge in [-0.15, -0.1) is 0 Å². The molecule has 1 aromatic rings. The number of hydrogen-bond donors (Lipinski definition) is 0. The number of rotatable bonds is 4. The molecule has 1 aliphatic rings. The third-order valence-electron chi connectivity index (χ3n) is 3.22. The Hall–Kier alpha value is -1.84. The van der Waals surface area contributed by atoms with E-state index in [1.165, 1.54) is 7.11 Å². The summed E-state index contributed by atoms with van der Waals surface area (Å²) in [6.07, 6.45) is 1.91. The van der Waals surface area contributed by atoms with Crippen LogP contribution in [0.2, 0.25) is 0 Å². The van der Waals surface area contributed by atoms with E-state index >= 15 is 0 Å². The van der Waals surface area contributed by atoms with Crippen LogP contribution in [-0.4, -0.2) is 37.0 Å². The quantitative estimate of drug-likeness (QED) is 0.760. The molecule has 0 saturated carbocycles. The molecule has 0 N–H and O–H groups in total. The minimum Gasteiger partial charge on any atom is -0.469 e. The molecular formula is C14H17NO3. The van der Waals surface area contributed by atoms with Gasteiger partial charge >= 0.3 is 5.97 Å². The van der Waals surface area contributed by atoms with Gasteiger partial charge in [0.25, 0.3) is 5.91 Å². The molecule has 0 bridgehead atoms. The van der Waals surface area contributed by atoms with Crippen molar-refractivity contribution in [2.75, 3.05) is 20.2 Å². The topological polar surface area (TPSA) is 46.6 Å². The van der Waals surface area contributed by atoms with Crippen molar-refractivity contribution in [2.45, 2.75) is 19.3 Å². The molecule has 0 atom stereocenters. The number of amides is 1. The first kappa shape index (κ1) is 12.6. The number of ether oxygens (including phenoxy) is 1. The highest BCUT2D eigenvalue weighted by molar-refractivity contribution is 5.96. The highest BCUT2D eigenvalue weighted by Gasteiger charge is 2.23. The Morgan fingerprint density at radius 3 is 2.94 bits per heavy atom. The summed E-state index contributed by atoms with van der Waals surface area (Å²) in [6, 6.07) is 7.71. The highest BCUT2D eigenvalue weighted by Crippen LogP contribution is 2.18. The molecule has 0 radical (unpaired) electrons. The van der Waals surface area contributed by atoms with Crippen molar-refractivity contribution in [3.63, 3.8) is 0 Å². The summed E-state index contributed by atoms with van der Waals surface area (Å²) >= 11 is 0. The van der Waals surface area contributed by atoms with E-state index in [4.69, 9.17) is 0 Å². The first-order valence-corrected chi connectivity index (χ1v) is 6.16. The van der Waals surface area contributed by atoms with Crippen molar-refractivity contribution >= 4 is 11.9 Å². The molecule has 0 unspecified atom stereocenters. The Labute approximate surface area is 107 Å². The summed E-state index contributed by atoms with van der Waals surface area (Å²) < 4.78 is 4.58. The lowest BCUT2D eigenvalue weighted by atomic mass is 9.99. The second kappa shape index (κ2) is 5.67. The van der Waals surface area contributed by atoms with Crippen LogP contribution in [0.1, 0.15) is 28.8 Å². The van der Waals surface area contributed by atoms with Gasteiger partial charge in [-0.1, -0.05) is 18.2 Å². The number of carbonyl (C=O) groups is 2. The minimum absolute atomic E-state index is 0.0710. The zero-order valence-corrected chi connectivity index (χ0v) is 10.5. The molecule has 1 heterocycles. The molecule has 0 aliphatic carbocycles. The van der Waals surface area contributed by atoms with Crippen molar-refractivity contribution in [1.82, 2.24) is 4.90 Å². The maximum Gasteiger partial charge on any atom is 0.305 e. The third-order valence-corrected chi connectivity index (χ3v) is 3.22. The molecule has 2 rings (SSSR count). The van der Waals surface area contributed by atoms with Crippen LogP contribution >= 0.6 is 0 Å². The maximum atomic E-state index is 12.2. The third kappa shape index (κ3) is 2.70. The van der Waals surface area contributed by atoms with Crippen LogP contribution in [0.3, 0.4) is 0 Å². The zero-order valence-electron chi connectivity index (χ0n) is 10.5. The first-order valence-electron chi connectivity index (χ1n) is 6.16. The zero-order chi connectivity index (χ0) is 13.0. The number of esters is 1. The lowest BCUT2D eigenvalue weighted by Gasteiger charge is -2.28. The van der Waals surface area contributed by atoms with Crippen molar-refractivity contribution in [2.24, 2.45) is 0 Å². The normalized spacial score (nSPS) is 14.3. The molecule has 18 heavy (non-hydrogen) atoms. The van der Waals surface area contributed by atoms with E-state index < -0.39 is 0 Å². The van der Waals surface area contributed by atoms with Crippen LogP contribution in [0.5, 0.6) is 0 Å². The molecule has 1 aromatic carbocycles. The molecule has 96 valence electrons. The van der Waals surface area contributed by atoms with E-state index in [2.05, 4.69) is 4.74 Å². The fourth-order valence-electron chi connectivity index (χ4n) is 2.20. The number of fused-ring (bicyclic) bond motifs is 1. The SMILES string of the molecule is COC(=O)CCCN1CCc2ccccc2C1=O. The van der Waals surface area contributed by atoms with Crippen LogP contribution in [-0.2, 0) is 16.0 Å². The molecule has 0 fully saturated rings. The van der Waals surface area contributed by atoms with Gasteiger partial charge in [0.2, 0.25) is 0 Å². The van der Waals surface area contributed by atoms with Crippen molar-refractivity contribution in [3.8, 4) is 0 Å². The van der Waals surface area contributed by atoms with Gasteiger partial charge in [-0.25, -0.2) is 0 Å². The molecule has 1 amide bonds. The highest BCUT2D eigenvalue weighted by atomic mass is 16.5. The lowest BCUT2D eigenvalue weighted by Crippen LogP contribution is -2.38. The van der Waals surface area contributed by atoms with Crippen LogP contribution in [0.25, 0.3) is 0 Å². The number of methoxy groups -OCH3 is 1. The van der Waals surface area contributed by atoms with E-state index in [-0.39, 0.29) is 11.9 Å². The summed E-state index contributed by atoms with van der Waals surface area (Å²) in [7, 11) is 1.38. The number of nitrogens with zero attached hydrogens (tertiary/aromatic N) is 1. The molecule has 0 saturated heterocycles. The van der Waals surface area contributed by atoms with Gasteiger partial charge in [-0.3, -0.25) is 9.59 Å². The Bertz CT molecular complexity index is 456. The van der Waals surface area contributed by atoms with Crippen LogP contribution in [0.15, 0.2) is 24.3 Å². The lowest BCUT2D eigenvalue weighted by molar-refractivity contribution is -0.140. The molecular weight excluding hydrogens is 230 g/mol. The van der Waals surface area contributed by atoms with Crippen LogP contribution < -0.4 is 0 Å². The maximum absolute atomic E-state index is 12.2. The van der Waals surface area contributed by atoms with E-state index in [9.17, 15) is 9.59 Å². The first-order chi connectivity index (χ1) is 8.72. The Morgan fingerprint density at radius 2 is 2.17 bits per heavy atom. The molecule has 0 aromatic heterocycles. The number of hydrogen-bond acceptors (Lipinski definition) is 3. The summed E-state index contributed by atoms with van der Waals surface area (Å²) in [5, 5.41) is 0. The Balaban J connectivity index is 1.93. The average Bonchev–Trinajstić information content (AvgIpc) is 2.41. The monoisotopic (exact) mass is 247 g/mol. The van der Waals surface area contributed by atoms with Crippen LogP contribution in [0.4, 0.5) is 0 Å². The van der Waals surface area contributed by atoms with Crippen LogP contribution in [0, 0.1) is 0 Å². The summed E-state index contributed by atoms with van der Waals surface area (Å²) in [4.78, 5) is 25.0. The fraction of sp³-hybridized carbons (Fsp3) is 0.429.